The summed E-state index contributed by atoms with van der Waals surface area (Å²) < 4.78 is 4.76. The molecule has 0 spiro atoms. The number of hydrogen-bond donors (Lipinski definition) is 0. The molecule has 0 radical (unpaired) electrons. The van der Waals surface area contributed by atoms with Gasteiger partial charge in [-0.05, 0) is 23.7 Å². The van der Waals surface area contributed by atoms with Gasteiger partial charge < -0.3 is 0 Å². The van der Waals surface area contributed by atoms with Crippen molar-refractivity contribution in [2.75, 3.05) is 0 Å². The lowest BCUT2D eigenvalue weighted by Gasteiger charge is -2.02. The normalized spacial score (nSPS) is 13.1. The van der Waals surface area contributed by atoms with Crippen LogP contribution in [0.5, 0.6) is 0 Å². The summed E-state index contributed by atoms with van der Waals surface area (Å²) >= 11 is 0. The molecule has 88 valence electrons. The molecule has 0 saturated carbocycles. The predicted octanol–water partition coefficient (Wildman–Crippen LogP) is 1.42. The summed E-state index contributed by atoms with van der Waals surface area (Å²) in [6.07, 6.45) is 1.63. The summed E-state index contributed by atoms with van der Waals surface area (Å²) in [5, 5.41) is 16.8. The van der Waals surface area contributed by atoms with E-state index in [0.717, 1.165) is 41.3 Å². The van der Waals surface area contributed by atoms with E-state index in [-0.39, 0.29) is 0 Å². The zero-order valence-electron chi connectivity index (χ0n) is 9.45. The number of aromatic nitrogens is 5. The minimum atomic E-state index is 0.721. The molecule has 4 rings (SSSR count). The average Bonchev–Trinajstić information content (AvgIpc) is 3.05. The first-order chi connectivity index (χ1) is 8.92. The number of nitrogens with zero attached hydrogens (tertiary/aromatic N) is 5. The second-order valence-electron chi connectivity index (χ2n) is 4.18. The molecule has 0 atom stereocenters. The molecule has 1 aromatic carbocycles. The summed E-state index contributed by atoms with van der Waals surface area (Å²) in [6.45, 7) is 0. The van der Waals surface area contributed by atoms with Gasteiger partial charge in [0.2, 0.25) is 0 Å². The molecule has 0 amide bonds. The average molecular weight is 239 g/mol. The standard InChI is InChI=1S/C12H9N5O/c1-2-4-8(5-3-1)17-13-9-6-7-10-12(11(9)14-17)16-18-15-10/h1-5H,6-7H2. The van der Waals surface area contributed by atoms with Crippen molar-refractivity contribution in [3.63, 3.8) is 0 Å². The summed E-state index contributed by atoms with van der Waals surface area (Å²) in [4.78, 5) is 1.63. The van der Waals surface area contributed by atoms with Crippen LogP contribution in [0.2, 0.25) is 0 Å². The molecular formula is C12H9N5O. The lowest BCUT2D eigenvalue weighted by molar-refractivity contribution is 0.304. The van der Waals surface area contributed by atoms with Gasteiger partial charge in [0.25, 0.3) is 0 Å². The Bertz CT molecular complexity index is 700. The minimum Gasteiger partial charge on any atom is -0.244 e. The van der Waals surface area contributed by atoms with Crippen LogP contribution >= 0.6 is 0 Å². The van der Waals surface area contributed by atoms with Crippen molar-refractivity contribution < 1.29 is 4.63 Å². The number of hydrogen-bond acceptors (Lipinski definition) is 5. The molecule has 0 bridgehead atoms. The van der Waals surface area contributed by atoms with E-state index in [1.54, 1.807) is 4.80 Å². The predicted molar refractivity (Wildman–Crippen MR) is 62.1 cm³/mol. The van der Waals surface area contributed by atoms with Gasteiger partial charge in [0.05, 0.1) is 11.4 Å². The molecule has 1 aliphatic rings. The van der Waals surface area contributed by atoms with Crippen molar-refractivity contribution in [2.24, 2.45) is 0 Å². The van der Waals surface area contributed by atoms with Crippen molar-refractivity contribution in [1.82, 2.24) is 25.3 Å². The van der Waals surface area contributed by atoms with Crippen LogP contribution in [0.15, 0.2) is 35.0 Å². The van der Waals surface area contributed by atoms with Gasteiger partial charge in [-0.3, -0.25) is 0 Å². The molecule has 0 N–H and O–H groups in total. The third-order valence-electron chi connectivity index (χ3n) is 3.05. The van der Waals surface area contributed by atoms with Crippen LogP contribution in [-0.2, 0) is 12.8 Å². The fourth-order valence-electron chi connectivity index (χ4n) is 2.15. The molecule has 0 aliphatic heterocycles. The smallest absolute Gasteiger partial charge is 0.160 e. The van der Waals surface area contributed by atoms with Crippen LogP contribution < -0.4 is 0 Å². The number of benzene rings is 1. The second kappa shape index (κ2) is 3.49. The maximum Gasteiger partial charge on any atom is 0.160 e. The first-order valence-corrected chi connectivity index (χ1v) is 5.75. The van der Waals surface area contributed by atoms with Crippen molar-refractivity contribution in [3.8, 4) is 17.1 Å². The fourth-order valence-corrected chi connectivity index (χ4v) is 2.15. The first-order valence-electron chi connectivity index (χ1n) is 5.75. The van der Waals surface area contributed by atoms with E-state index >= 15 is 0 Å². The largest absolute Gasteiger partial charge is 0.244 e. The lowest BCUT2D eigenvalue weighted by atomic mass is 10.0. The van der Waals surface area contributed by atoms with Crippen molar-refractivity contribution in [3.05, 3.63) is 41.7 Å². The highest BCUT2D eigenvalue weighted by Gasteiger charge is 2.26. The molecular weight excluding hydrogens is 230 g/mol. The monoisotopic (exact) mass is 239 g/mol. The molecule has 2 heterocycles. The fraction of sp³-hybridized carbons (Fsp3) is 0.167. The molecule has 0 unspecified atom stereocenters. The molecule has 0 fully saturated rings. The third-order valence-corrected chi connectivity index (χ3v) is 3.05. The molecule has 6 heteroatoms. The highest BCUT2D eigenvalue weighted by Crippen LogP contribution is 2.28. The molecule has 18 heavy (non-hydrogen) atoms. The SMILES string of the molecule is c1ccc(-n2nc3c(n2)-c2nonc2CC3)cc1. The number of para-hydroxylation sites is 1. The number of rotatable bonds is 1. The molecule has 0 saturated heterocycles. The van der Waals surface area contributed by atoms with Crippen LogP contribution in [0.1, 0.15) is 11.4 Å². The van der Waals surface area contributed by atoms with Crippen LogP contribution in [-0.4, -0.2) is 25.3 Å². The van der Waals surface area contributed by atoms with Crippen LogP contribution in [0, 0.1) is 0 Å². The van der Waals surface area contributed by atoms with E-state index in [1.165, 1.54) is 0 Å². The Morgan fingerprint density at radius 3 is 2.61 bits per heavy atom. The third kappa shape index (κ3) is 1.29. The van der Waals surface area contributed by atoms with Gasteiger partial charge in [-0.25, -0.2) is 4.63 Å². The van der Waals surface area contributed by atoms with Crippen LogP contribution in [0.4, 0.5) is 0 Å². The number of fused-ring (bicyclic) bond motifs is 3. The summed E-state index contributed by atoms with van der Waals surface area (Å²) in [7, 11) is 0. The van der Waals surface area contributed by atoms with Gasteiger partial charge >= 0.3 is 0 Å². The topological polar surface area (TPSA) is 69.6 Å². The van der Waals surface area contributed by atoms with Gasteiger partial charge in [0.15, 0.2) is 5.69 Å². The van der Waals surface area contributed by atoms with Gasteiger partial charge in [0, 0.05) is 6.42 Å². The maximum absolute atomic E-state index is 4.76. The summed E-state index contributed by atoms with van der Waals surface area (Å²) in [5.41, 5.74) is 4.24. The van der Waals surface area contributed by atoms with E-state index in [4.69, 9.17) is 4.63 Å². The summed E-state index contributed by atoms with van der Waals surface area (Å²) in [5.74, 6) is 0. The molecule has 2 aromatic heterocycles. The van der Waals surface area contributed by atoms with Gasteiger partial charge in [-0.1, -0.05) is 23.4 Å². The Labute approximate surface area is 102 Å². The quantitative estimate of drug-likeness (QED) is 0.642. The van der Waals surface area contributed by atoms with E-state index < -0.39 is 0 Å². The second-order valence-corrected chi connectivity index (χ2v) is 4.18. The van der Waals surface area contributed by atoms with Gasteiger partial charge in [0.1, 0.15) is 11.4 Å². The maximum atomic E-state index is 4.76. The summed E-state index contributed by atoms with van der Waals surface area (Å²) in [6, 6.07) is 9.81. The Kier molecular flexibility index (Phi) is 1.85. The molecule has 1 aliphatic carbocycles. The van der Waals surface area contributed by atoms with Crippen LogP contribution in [0.3, 0.4) is 0 Å². The van der Waals surface area contributed by atoms with E-state index in [2.05, 4.69) is 20.5 Å². The number of aryl methyl sites for hydroxylation is 2. The lowest BCUT2D eigenvalue weighted by Crippen LogP contribution is -2.02. The van der Waals surface area contributed by atoms with Crippen molar-refractivity contribution in [1.29, 1.82) is 0 Å². The Morgan fingerprint density at radius 2 is 1.72 bits per heavy atom. The molecule has 3 aromatic rings. The Balaban J connectivity index is 1.88. The Hall–Kier alpha value is -2.50. The van der Waals surface area contributed by atoms with E-state index in [1.807, 2.05) is 30.3 Å². The highest BCUT2D eigenvalue weighted by atomic mass is 16.6. The van der Waals surface area contributed by atoms with Crippen LogP contribution in [0.25, 0.3) is 17.1 Å². The van der Waals surface area contributed by atoms with Crippen molar-refractivity contribution >= 4 is 0 Å². The van der Waals surface area contributed by atoms with Gasteiger partial charge in [-0.15, -0.1) is 5.10 Å². The zero-order valence-corrected chi connectivity index (χ0v) is 9.45. The Morgan fingerprint density at radius 1 is 0.889 bits per heavy atom. The van der Waals surface area contributed by atoms with E-state index in [9.17, 15) is 0 Å². The highest BCUT2D eigenvalue weighted by molar-refractivity contribution is 5.61. The van der Waals surface area contributed by atoms with E-state index in [0.29, 0.717) is 0 Å². The van der Waals surface area contributed by atoms with Gasteiger partial charge in [-0.2, -0.15) is 9.90 Å². The van der Waals surface area contributed by atoms with Crippen molar-refractivity contribution in [2.45, 2.75) is 12.8 Å². The zero-order chi connectivity index (χ0) is 11.9. The first kappa shape index (κ1) is 9.52. The molecule has 6 nitrogen and oxygen atoms in total. The minimum absolute atomic E-state index is 0.721.